The Balaban J connectivity index is 3.62. The number of hydrogen-bond donors (Lipinski definition) is 3. The maximum atomic E-state index is 8.58. The highest BCUT2D eigenvalue weighted by Crippen LogP contribution is 2.22. The fourth-order valence-electron chi connectivity index (χ4n) is 1.28. The smallest absolute Gasteiger partial charge is 0.144 e. The van der Waals surface area contributed by atoms with Gasteiger partial charge in [0.25, 0.3) is 0 Å². The Bertz CT molecular complexity index is 212. The van der Waals surface area contributed by atoms with Gasteiger partial charge in [-0.05, 0) is 19.4 Å². The summed E-state index contributed by atoms with van der Waals surface area (Å²) < 4.78 is 0. The summed E-state index contributed by atoms with van der Waals surface area (Å²) in [6.07, 6.45) is 4.93. The molecule has 0 rings (SSSR count). The van der Waals surface area contributed by atoms with Gasteiger partial charge >= 0.3 is 0 Å². The summed E-state index contributed by atoms with van der Waals surface area (Å²) in [7, 11) is 0. The van der Waals surface area contributed by atoms with Crippen molar-refractivity contribution in [3.8, 4) is 0 Å². The molecule has 88 valence electrons. The lowest BCUT2D eigenvalue weighted by atomic mass is 9.86. The quantitative estimate of drug-likeness (QED) is 0.143. The summed E-state index contributed by atoms with van der Waals surface area (Å²) >= 11 is 0. The van der Waals surface area contributed by atoms with Crippen molar-refractivity contribution in [2.24, 2.45) is 16.3 Å². The zero-order valence-corrected chi connectivity index (χ0v) is 9.79. The Hall–Kier alpha value is -1.03. The molecule has 0 saturated carbocycles. The zero-order valence-electron chi connectivity index (χ0n) is 9.79. The summed E-state index contributed by atoms with van der Waals surface area (Å²) in [4.78, 5) is 0. The van der Waals surface area contributed by atoms with Crippen LogP contribution >= 0.6 is 0 Å². The van der Waals surface area contributed by atoms with Crippen molar-refractivity contribution >= 4 is 5.84 Å². The lowest BCUT2D eigenvalue weighted by molar-refractivity contribution is 0.304. The minimum Gasteiger partial charge on any atom is -0.409 e. The Morgan fingerprint density at radius 1 is 1.53 bits per heavy atom. The van der Waals surface area contributed by atoms with E-state index in [1.54, 1.807) is 0 Å². The molecule has 0 aromatic carbocycles. The van der Waals surface area contributed by atoms with Crippen LogP contribution in [0.15, 0.2) is 17.8 Å². The van der Waals surface area contributed by atoms with E-state index in [-0.39, 0.29) is 5.41 Å². The first kappa shape index (κ1) is 14.0. The summed E-state index contributed by atoms with van der Waals surface area (Å²) in [6.45, 7) is 9.44. The summed E-state index contributed by atoms with van der Waals surface area (Å²) in [5, 5.41) is 14.9. The van der Waals surface area contributed by atoms with Gasteiger partial charge in [-0.3, -0.25) is 0 Å². The highest BCUT2D eigenvalue weighted by Gasteiger charge is 2.22. The van der Waals surface area contributed by atoms with Crippen LogP contribution in [-0.2, 0) is 0 Å². The molecule has 0 unspecified atom stereocenters. The van der Waals surface area contributed by atoms with Crippen LogP contribution in [0.4, 0.5) is 0 Å². The number of nitrogens with one attached hydrogen (secondary N) is 1. The van der Waals surface area contributed by atoms with E-state index in [1.165, 1.54) is 0 Å². The first-order valence-electron chi connectivity index (χ1n) is 5.34. The monoisotopic (exact) mass is 213 g/mol. The van der Waals surface area contributed by atoms with E-state index in [9.17, 15) is 0 Å². The lowest BCUT2D eigenvalue weighted by Crippen LogP contribution is -2.32. The van der Waals surface area contributed by atoms with Gasteiger partial charge in [0.2, 0.25) is 0 Å². The van der Waals surface area contributed by atoms with Crippen LogP contribution in [-0.4, -0.2) is 24.1 Å². The SMILES string of the molecule is C=CCNCCCCC(C)(C)/C(N)=N/O. The van der Waals surface area contributed by atoms with Crippen molar-refractivity contribution in [1.29, 1.82) is 0 Å². The van der Waals surface area contributed by atoms with E-state index >= 15 is 0 Å². The molecule has 0 heterocycles. The van der Waals surface area contributed by atoms with E-state index < -0.39 is 0 Å². The molecule has 0 atom stereocenters. The van der Waals surface area contributed by atoms with Gasteiger partial charge < -0.3 is 16.3 Å². The third kappa shape index (κ3) is 6.12. The van der Waals surface area contributed by atoms with Gasteiger partial charge in [0, 0.05) is 12.0 Å². The van der Waals surface area contributed by atoms with Crippen LogP contribution in [0.25, 0.3) is 0 Å². The van der Waals surface area contributed by atoms with E-state index in [2.05, 4.69) is 17.1 Å². The summed E-state index contributed by atoms with van der Waals surface area (Å²) in [5.41, 5.74) is 5.37. The highest BCUT2D eigenvalue weighted by atomic mass is 16.4. The minimum absolute atomic E-state index is 0.215. The predicted molar refractivity (Wildman–Crippen MR) is 64.1 cm³/mol. The molecule has 0 aromatic rings. The van der Waals surface area contributed by atoms with Crippen molar-refractivity contribution in [2.45, 2.75) is 33.1 Å². The summed E-state index contributed by atoms with van der Waals surface area (Å²) in [6, 6.07) is 0. The zero-order chi connectivity index (χ0) is 11.7. The number of unbranched alkanes of at least 4 members (excludes halogenated alkanes) is 1. The van der Waals surface area contributed by atoms with Gasteiger partial charge in [-0.1, -0.05) is 31.5 Å². The first-order valence-corrected chi connectivity index (χ1v) is 5.34. The van der Waals surface area contributed by atoms with Crippen molar-refractivity contribution in [3.05, 3.63) is 12.7 Å². The molecule has 0 saturated heterocycles. The Morgan fingerprint density at radius 3 is 2.73 bits per heavy atom. The lowest BCUT2D eigenvalue weighted by Gasteiger charge is -2.22. The van der Waals surface area contributed by atoms with Crippen molar-refractivity contribution in [3.63, 3.8) is 0 Å². The number of oxime groups is 1. The second-order valence-corrected chi connectivity index (χ2v) is 4.32. The molecule has 0 aliphatic carbocycles. The normalized spacial score (nSPS) is 12.8. The highest BCUT2D eigenvalue weighted by molar-refractivity contribution is 5.85. The van der Waals surface area contributed by atoms with Crippen LogP contribution in [0, 0.1) is 5.41 Å². The Labute approximate surface area is 92.2 Å². The second-order valence-electron chi connectivity index (χ2n) is 4.32. The van der Waals surface area contributed by atoms with Gasteiger partial charge in [0.15, 0.2) is 0 Å². The number of nitrogens with two attached hydrogens (primary N) is 1. The van der Waals surface area contributed by atoms with Crippen molar-refractivity contribution in [1.82, 2.24) is 5.32 Å². The third-order valence-corrected chi connectivity index (χ3v) is 2.50. The fraction of sp³-hybridized carbons (Fsp3) is 0.727. The topological polar surface area (TPSA) is 70.6 Å². The van der Waals surface area contributed by atoms with Gasteiger partial charge in [-0.25, -0.2) is 0 Å². The Morgan fingerprint density at radius 2 is 2.20 bits per heavy atom. The Kier molecular flexibility index (Phi) is 6.79. The number of amidine groups is 1. The van der Waals surface area contributed by atoms with Gasteiger partial charge in [0.05, 0.1) is 0 Å². The van der Waals surface area contributed by atoms with Crippen LogP contribution < -0.4 is 11.1 Å². The molecule has 0 aliphatic rings. The molecule has 4 nitrogen and oxygen atoms in total. The number of rotatable bonds is 8. The molecule has 0 bridgehead atoms. The largest absolute Gasteiger partial charge is 0.409 e. The molecule has 0 aliphatic heterocycles. The van der Waals surface area contributed by atoms with E-state index in [0.717, 1.165) is 32.4 Å². The maximum absolute atomic E-state index is 8.58. The molecule has 0 aromatic heterocycles. The molecular weight excluding hydrogens is 190 g/mol. The fourth-order valence-corrected chi connectivity index (χ4v) is 1.28. The molecule has 0 spiro atoms. The van der Waals surface area contributed by atoms with Crippen LogP contribution in [0.2, 0.25) is 0 Å². The molecule has 0 radical (unpaired) electrons. The standard InChI is InChI=1S/C11H23N3O/c1-4-8-13-9-6-5-7-11(2,3)10(12)14-15/h4,13,15H,1,5-9H2,2-3H3,(H2,12,14). The van der Waals surface area contributed by atoms with Crippen molar-refractivity contribution in [2.75, 3.05) is 13.1 Å². The van der Waals surface area contributed by atoms with Crippen molar-refractivity contribution < 1.29 is 5.21 Å². The van der Waals surface area contributed by atoms with E-state index in [4.69, 9.17) is 10.9 Å². The minimum atomic E-state index is -0.215. The van der Waals surface area contributed by atoms with Gasteiger partial charge in [-0.15, -0.1) is 6.58 Å². The molecule has 0 amide bonds. The van der Waals surface area contributed by atoms with E-state index in [1.807, 2.05) is 19.9 Å². The van der Waals surface area contributed by atoms with Crippen LogP contribution in [0.1, 0.15) is 33.1 Å². The van der Waals surface area contributed by atoms with Crippen LogP contribution in [0.3, 0.4) is 0 Å². The summed E-state index contributed by atoms with van der Waals surface area (Å²) in [5.74, 6) is 0.307. The molecule has 4 heteroatoms. The maximum Gasteiger partial charge on any atom is 0.144 e. The van der Waals surface area contributed by atoms with Gasteiger partial charge in [0.1, 0.15) is 5.84 Å². The average Bonchev–Trinajstić information content (AvgIpc) is 2.22. The molecule has 15 heavy (non-hydrogen) atoms. The van der Waals surface area contributed by atoms with Gasteiger partial charge in [-0.2, -0.15) is 0 Å². The number of hydrogen-bond acceptors (Lipinski definition) is 3. The average molecular weight is 213 g/mol. The van der Waals surface area contributed by atoms with Crippen LogP contribution in [0.5, 0.6) is 0 Å². The number of nitrogens with zero attached hydrogens (tertiary/aromatic N) is 1. The second kappa shape index (κ2) is 7.29. The van der Waals surface area contributed by atoms with E-state index in [0.29, 0.717) is 5.84 Å². The molecule has 0 fully saturated rings. The third-order valence-electron chi connectivity index (χ3n) is 2.50. The molecular formula is C11H23N3O. The molecule has 4 N–H and O–H groups in total. The predicted octanol–water partition coefficient (Wildman–Crippen LogP) is 1.70. The first-order chi connectivity index (χ1) is 7.04.